The molecule has 1 heterocycles. The smallest absolute Gasteiger partial charge is 0.422 e. The fourth-order valence-corrected chi connectivity index (χ4v) is 1.85. The van der Waals surface area contributed by atoms with Crippen LogP contribution in [-0.2, 0) is 0 Å². The van der Waals surface area contributed by atoms with Gasteiger partial charge in [0.15, 0.2) is 6.61 Å². The number of nitrogen functional groups attached to an aromatic ring is 1. The average Bonchev–Trinajstić information content (AvgIpc) is 2.51. The molecule has 0 amide bonds. The molecule has 0 saturated heterocycles. The summed E-state index contributed by atoms with van der Waals surface area (Å²) < 4.78 is 53.9. The highest BCUT2D eigenvalue weighted by Crippen LogP contribution is 2.31. The standard InChI is InChI=1S/C13H9ClF4N2O.C2H6.H2/c14-9-4-11(19)10(15)3-8(9)7-1-2-12(20-5-7)21-6-13(16,17)18;1-2;/h1-5H,6,19H2;1-2H3;1H. The molecule has 2 N–H and O–H groups in total. The van der Waals surface area contributed by atoms with Gasteiger partial charge in [-0.25, -0.2) is 9.37 Å². The van der Waals surface area contributed by atoms with Gasteiger partial charge in [-0.05, 0) is 18.2 Å². The van der Waals surface area contributed by atoms with Gasteiger partial charge >= 0.3 is 6.18 Å². The van der Waals surface area contributed by atoms with Crippen LogP contribution in [0.2, 0.25) is 5.02 Å². The Hall–Kier alpha value is -2.02. The normalized spacial score (nSPS) is 10.7. The Bertz CT molecular complexity index is 651. The van der Waals surface area contributed by atoms with E-state index in [2.05, 4.69) is 9.72 Å². The van der Waals surface area contributed by atoms with E-state index < -0.39 is 18.6 Å². The molecule has 0 radical (unpaired) electrons. The predicted molar refractivity (Wildman–Crippen MR) is 84.1 cm³/mol. The van der Waals surface area contributed by atoms with E-state index in [1.54, 1.807) is 0 Å². The van der Waals surface area contributed by atoms with Gasteiger partial charge in [0, 0.05) is 24.8 Å². The van der Waals surface area contributed by atoms with Crippen molar-refractivity contribution in [2.45, 2.75) is 20.0 Å². The Labute approximate surface area is 137 Å². The molecule has 0 spiro atoms. The molecule has 0 aliphatic rings. The largest absolute Gasteiger partial charge is 0.468 e. The summed E-state index contributed by atoms with van der Waals surface area (Å²) in [6.45, 7) is 2.57. The molecule has 3 nitrogen and oxygen atoms in total. The third-order valence-corrected chi connectivity index (χ3v) is 2.83. The molecular weight excluding hydrogens is 336 g/mol. The lowest BCUT2D eigenvalue weighted by Crippen LogP contribution is -2.19. The number of nitrogens with two attached hydrogens (primary N) is 1. The van der Waals surface area contributed by atoms with Gasteiger partial charge in [-0.1, -0.05) is 25.4 Å². The minimum Gasteiger partial charge on any atom is -0.468 e. The molecule has 0 bridgehead atoms. The maximum Gasteiger partial charge on any atom is 0.422 e. The number of alkyl halides is 3. The molecule has 0 saturated carbocycles. The molecule has 2 rings (SSSR count). The van der Waals surface area contributed by atoms with Gasteiger partial charge in [0.25, 0.3) is 0 Å². The summed E-state index contributed by atoms with van der Waals surface area (Å²) in [5.41, 5.74) is 6.04. The van der Waals surface area contributed by atoms with Crippen LogP contribution < -0.4 is 10.5 Å². The summed E-state index contributed by atoms with van der Waals surface area (Å²) in [7, 11) is 0. The van der Waals surface area contributed by atoms with Gasteiger partial charge in [0.05, 0.1) is 10.7 Å². The molecule has 2 aromatic rings. The lowest BCUT2D eigenvalue weighted by atomic mass is 10.1. The maximum absolute atomic E-state index is 13.4. The first-order valence-corrected chi connectivity index (χ1v) is 7.04. The van der Waals surface area contributed by atoms with Crippen molar-refractivity contribution in [3.05, 3.63) is 41.3 Å². The second kappa shape index (κ2) is 8.01. The first-order valence-electron chi connectivity index (χ1n) is 6.67. The molecule has 1 aromatic heterocycles. The second-order valence-corrected chi connectivity index (χ2v) is 4.55. The third-order valence-electron chi connectivity index (χ3n) is 2.52. The van der Waals surface area contributed by atoms with Crippen molar-refractivity contribution in [1.82, 2.24) is 4.98 Å². The van der Waals surface area contributed by atoms with Crippen LogP contribution in [0, 0.1) is 5.82 Å². The highest BCUT2D eigenvalue weighted by Gasteiger charge is 2.28. The summed E-state index contributed by atoms with van der Waals surface area (Å²) in [4.78, 5) is 3.72. The Morgan fingerprint density at radius 3 is 2.43 bits per heavy atom. The van der Waals surface area contributed by atoms with Gasteiger partial charge in [0.2, 0.25) is 5.88 Å². The summed E-state index contributed by atoms with van der Waals surface area (Å²) in [5, 5.41) is 0.208. The first-order chi connectivity index (χ1) is 10.8. The zero-order chi connectivity index (χ0) is 17.6. The summed E-state index contributed by atoms with van der Waals surface area (Å²) in [6.07, 6.45) is -3.20. The third kappa shape index (κ3) is 5.59. The van der Waals surface area contributed by atoms with Crippen molar-refractivity contribution < 1.29 is 23.7 Å². The molecule has 128 valence electrons. The molecule has 0 atom stereocenters. The Morgan fingerprint density at radius 2 is 1.91 bits per heavy atom. The highest BCUT2D eigenvalue weighted by atomic mass is 35.5. The van der Waals surface area contributed by atoms with Crippen molar-refractivity contribution in [2.24, 2.45) is 0 Å². The number of anilines is 1. The topological polar surface area (TPSA) is 48.1 Å². The van der Waals surface area contributed by atoms with Gasteiger partial charge < -0.3 is 10.5 Å². The summed E-state index contributed by atoms with van der Waals surface area (Å²) in [5.74, 6) is -0.838. The van der Waals surface area contributed by atoms with E-state index in [1.165, 1.54) is 24.4 Å². The number of hydrogen-bond acceptors (Lipinski definition) is 3. The van der Waals surface area contributed by atoms with E-state index in [4.69, 9.17) is 17.3 Å². The van der Waals surface area contributed by atoms with E-state index >= 15 is 0 Å². The maximum atomic E-state index is 13.4. The first kappa shape index (κ1) is 19.0. The number of aromatic nitrogens is 1. The minimum absolute atomic E-state index is 0. The fraction of sp³-hybridized carbons (Fsp3) is 0.267. The Kier molecular flexibility index (Phi) is 6.62. The lowest BCUT2D eigenvalue weighted by Gasteiger charge is -2.10. The Morgan fingerprint density at radius 1 is 1.26 bits per heavy atom. The number of nitrogens with zero attached hydrogens (tertiary/aromatic N) is 1. The van der Waals surface area contributed by atoms with Crippen LogP contribution in [0.4, 0.5) is 23.2 Å². The van der Waals surface area contributed by atoms with Crippen LogP contribution in [0.1, 0.15) is 15.3 Å². The van der Waals surface area contributed by atoms with E-state index in [0.717, 1.165) is 6.07 Å². The van der Waals surface area contributed by atoms with Gasteiger partial charge in [-0.15, -0.1) is 0 Å². The van der Waals surface area contributed by atoms with Crippen LogP contribution >= 0.6 is 11.6 Å². The molecule has 0 fully saturated rings. The quantitative estimate of drug-likeness (QED) is 0.599. The number of hydrogen-bond donors (Lipinski definition) is 1. The number of pyridine rings is 1. The monoisotopic (exact) mass is 352 g/mol. The van der Waals surface area contributed by atoms with Crippen molar-refractivity contribution in [2.75, 3.05) is 12.3 Å². The van der Waals surface area contributed by atoms with E-state index in [9.17, 15) is 17.6 Å². The van der Waals surface area contributed by atoms with Crippen molar-refractivity contribution in [1.29, 1.82) is 0 Å². The molecular formula is C15H17ClF4N2O. The van der Waals surface area contributed by atoms with Crippen LogP contribution in [0.5, 0.6) is 5.88 Å². The van der Waals surface area contributed by atoms with E-state index in [1.807, 2.05) is 13.8 Å². The van der Waals surface area contributed by atoms with Crippen LogP contribution in [0.25, 0.3) is 11.1 Å². The van der Waals surface area contributed by atoms with Crippen molar-refractivity contribution in [3.63, 3.8) is 0 Å². The van der Waals surface area contributed by atoms with E-state index in [0.29, 0.717) is 11.1 Å². The number of rotatable bonds is 3. The molecule has 0 unspecified atom stereocenters. The molecule has 0 aliphatic carbocycles. The fourth-order valence-electron chi connectivity index (χ4n) is 1.56. The molecule has 1 aromatic carbocycles. The zero-order valence-corrected chi connectivity index (χ0v) is 13.2. The predicted octanol–water partition coefficient (Wildman–Crippen LogP) is 5.34. The van der Waals surface area contributed by atoms with Crippen molar-refractivity contribution in [3.8, 4) is 17.0 Å². The summed E-state index contributed by atoms with van der Waals surface area (Å²) >= 11 is 5.94. The van der Waals surface area contributed by atoms with Gasteiger partial charge in [0.1, 0.15) is 5.82 Å². The van der Waals surface area contributed by atoms with Crippen LogP contribution in [0.3, 0.4) is 0 Å². The van der Waals surface area contributed by atoms with Gasteiger partial charge in [-0.3, -0.25) is 0 Å². The lowest BCUT2D eigenvalue weighted by molar-refractivity contribution is -0.154. The second-order valence-electron chi connectivity index (χ2n) is 4.14. The molecule has 0 aliphatic heterocycles. The molecule has 8 heteroatoms. The summed E-state index contributed by atoms with van der Waals surface area (Å²) in [6, 6.07) is 5.05. The highest BCUT2D eigenvalue weighted by molar-refractivity contribution is 6.33. The Balaban J connectivity index is 0.00000170. The van der Waals surface area contributed by atoms with E-state index in [-0.39, 0.29) is 18.0 Å². The number of halogens is 5. The average molecular weight is 353 g/mol. The van der Waals surface area contributed by atoms with Gasteiger partial charge in [-0.2, -0.15) is 13.2 Å². The van der Waals surface area contributed by atoms with Crippen molar-refractivity contribution >= 4 is 17.3 Å². The minimum atomic E-state index is -4.44. The van der Waals surface area contributed by atoms with Crippen LogP contribution in [-0.4, -0.2) is 17.8 Å². The van der Waals surface area contributed by atoms with Crippen LogP contribution in [0.15, 0.2) is 30.5 Å². The number of benzene rings is 1. The number of ether oxygens (including phenoxy) is 1. The molecule has 23 heavy (non-hydrogen) atoms. The SMILES string of the molecule is CC.Nc1cc(Cl)c(-c2ccc(OCC(F)(F)F)nc2)cc1F.[HH]. The zero-order valence-electron chi connectivity index (χ0n) is 12.4.